The van der Waals surface area contributed by atoms with Crippen LogP contribution in [0.15, 0.2) is 16.9 Å². The van der Waals surface area contributed by atoms with Crippen LogP contribution in [-0.4, -0.2) is 30.4 Å². The number of nitrogens with two attached hydrogens (primary N) is 1. The Morgan fingerprint density at radius 1 is 1.57 bits per heavy atom. The van der Waals surface area contributed by atoms with Gasteiger partial charge in [-0.2, -0.15) is 0 Å². The molecule has 2 N–H and O–H groups in total. The molecule has 0 amide bonds. The highest BCUT2D eigenvalue weighted by Crippen LogP contribution is 2.09. The first kappa shape index (κ1) is 10.6. The Morgan fingerprint density at radius 2 is 2.21 bits per heavy atom. The number of aliphatic imine (C=N–C) groups is 1. The molecule has 1 fully saturated rings. The van der Waals surface area contributed by atoms with Gasteiger partial charge in [0.25, 0.3) is 0 Å². The maximum Gasteiger partial charge on any atom is 0.315 e. The van der Waals surface area contributed by atoms with Crippen molar-refractivity contribution in [3.8, 4) is 0 Å². The molecule has 1 aliphatic heterocycles. The molecule has 0 atom stereocenters. The first-order chi connectivity index (χ1) is 6.70. The zero-order valence-corrected chi connectivity index (χ0v) is 7.76. The van der Waals surface area contributed by atoms with Crippen molar-refractivity contribution in [3.63, 3.8) is 0 Å². The molecule has 0 aromatic carbocycles. The van der Waals surface area contributed by atoms with E-state index < -0.39 is 4.92 Å². The summed E-state index contributed by atoms with van der Waals surface area (Å²) in [6.07, 6.45) is 4.33. The predicted octanol–water partition coefficient (Wildman–Crippen LogP) is 0.313. The molecule has 0 spiro atoms. The van der Waals surface area contributed by atoms with Gasteiger partial charge in [-0.25, -0.2) is 0 Å². The van der Waals surface area contributed by atoms with Crippen LogP contribution in [0.3, 0.4) is 0 Å². The van der Waals surface area contributed by atoms with Gasteiger partial charge in [0.1, 0.15) is 0 Å². The lowest BCUT2D eigenvalue weighted by Crippen LogP contribution is -2.18. The van der Waals surface area contributed by atoms with Crippen LogP contribution in [0.25, 0.3) is 0 Å². The Hall–Kier alpha value is -1.43. The van der Waals surface area contributed by atoms with Crippen LogP contribution in [0.5, 0.6) is 0 Å². The van der Waals surface area contributed by atoms with Crippen LogP contribution in [0.2, 0.25) is 0 Å². The first-order valence-corrected chi connectivity index (χ1v) is 4.41. The zero-order valence-electron chi connectivity index (χ0n) is 7.76. The van der Waals surface area contributed by atoms with Crippen molar-refractivity contribution in [1.82, 2.24) is 0 Å². The van der Waals surface area contributed by atoms with E-state index in [1.807, 2.05) is 0 Å². The second-order valence-electron chi connectivity index (χ2n) is 2.99. The average molecular weight is 199 g/mol. The van der Waals surface area contributed by atoms with Gasteiger partial charge in [0, 0.05) is 25.5 Å². The molecule has 6 nitrogen and oxygen atoms in total. The van der Waals surface area contributed by atoms with Crippen molar-refractivity contribution in [1.29, 1.82) is 0 Å². The van der Waals surface area contributed by atoms with Crippen LogP contribution >= 0.6 is 0 Å². The lowest BCUT2D eigenvalue weighted by Gasteiger charge is -2.17. The average Bonchev–Trinajstić information content (AvgIpc) is 2.19. The van der Waals surface area contributed by atoms with Crippen molar-refractivity contribution in [2.75, 3.05) is 13.2 Å². The summed E-state index contributed by atoms with van der Waals surface area (Å²) in [4.78, 5) is 13.6. The van der Waals surface area contributed by atoms with Crippen molar-refractivity contribution >= 4 is 6.21 Å². The van der Waals surface area contributed by atoms with Crippen LogP contribution in [0.1, 0.15) is 12.8 Å². The molecule has 1 rings (SSSR count). The van der Waals surface area contributed by atoms with Crippen LogP contribution in [0, 0.1) is 10.1 Å². The normalized spacial score (nSPS) is 20.1. The summed E-state index contributed by atoms with van der Waals surface area (Å²) in [5.41, 5.74) is 5.08. The van der Waals surface area contributed by atoms with E-state index in [4.69, 9.17) is 10.5 Å². The molecule has 14 heavy (non-hydrogen) atoms. The lowest BCUT2D eigenvalue weighted by atomic mass is 10.1. The van der Waals surface area contributed by atoms with Gasteiger partial charge >= 0.3 is 5.82 Å². The maximum atomic E-state index is 10.1. The Kier molecular flexibility index (Phi) is 4.06. The molecule has 0 bridgehead atoms. The molecule has 1 saturated heterocycles. The topological polar surface area (TPSA) is 90.8 Å². The summed E-state index contributed by atoms with van der Waals surface area (Å²) in [6, 6.07) is 0.208. The SMILES string of the molecule is NC(=CC=NC1CCOCC1)[N+](=O)[O-]. The van der Waals surface area contributed by atoms with Crippen LogP contribution in [-0.2, 0) is 4.74 Å². The predicted molar refractivity (Wildman–Crippen MR) is 51.6 cm³/mol. The van der Waals surface area contributed by atoms with Crippen LogP contribution < -0.4 is 5.73 Å². The number of rotatable bonds is 3. The Morgan fingerprint density at radius 3 is 2.79 bits per heavy atom. The van der Waals surface area contributed by atoms with E-state index in [-0.39, 0.29) is 11.9 Å². The van der Waals surface area contributed by atoms with Gasteiger partial charge in [-0.1, -0.05) is 0 Å². The largest absolute Gasteiger partial charge is 0.381 e. The fourth-order valence-electron chi connectivity index (χ4n) is 1.14. The molecular weight excluding hydrogens is 186 g/mol. The zero-order chi connectivity index (χ0) is 10.4. The monoisotopic (exact) mass is 199 g/mol. The Labute approximate surface area is 81.6 Å². The molecule has 0 aromatic rings. The minimum Gasteiger partial charge on any atom is -0.381 e. The van der Waals surface area contributed by atoms with E-state index in [9.17, 15) is 10.1 Å². The number of ether oxygens (including phenoxy) is 1. The minimum atomic E-state index is -0.643. The molecule has 0 saturated carbocycles. The number of nitro groups is 1. The van der Waals surface area contributed by atoms with Gasteiger partial charge in [-0.15, -0.1) is 0 Å². The maximum absolute atomic E-state index is 10.1. The number of nitrogens with zero attached hydrogens (tertiary/aromatic N) is 2. The molecule has 0 radical (unpaired) electrons. The van der Waals surface area contributed by atoms with Gasteiger partial charge < -0.3 is 14.9 Å². The molecular formula is C8H13N3O3. The van der Waals surface area contributed by atoms with Gasteiger partial charge in [0.05, 0.1) is 6.04 Å². The summed E-state index contributed by atoms with van der Waals surface area (Å²) in [7, 11) is 0. The molecule has 0 aromatic heterocycles. The van der Waals surface area contributed by atoms with E-state index in [1.54, 1.807) is 0 Å². The van der Waals surface area contributed by atoms with E-state index in [0.29, 0.717) is 13.2 Å². The summed E-state index contributed by atoms with van der Waals surface area (Å²) >= 11 is 0. The number of hydrogen-bond acceptors (Lipinski definition) is 5. The molecule has 6 heteroatoms. The lowest BCUT2D eigenvalue weighted by molar-refractivity contribution is -0.426. The molecule has 1 heterocycles. The van der Waals surface area contributed by atoms with Gasteiger partial charge in [-0.3, -0.25) is 10.7 Å². The third kappa shape index (κ3) is 3.53. The molecule has 0 unspecified atom stereocenters. The quantitative estimate of drug-likeness (QED) is 0.402. The molecule has 78 valence electrons. The Balaban J connectivity index is 2.38. The standard InChI is InChI=1S/C8H13N3O3/c9-8(11(12)13)1-4-10-7-2-5-14-6-3-7/h1,4,7H,2-3,5-6,9H2. The highest BCUT2D eigenvalue weighted by Gasteiger charge is 2.10. The van der Waals surface area contributed by atoms with E-state index in [1.165, 1.54) is 12.3 Å². The first-order valence-electron chi connectivity index (χ1n) is 4.41. The van der Waals surface area contributed by atoms with Crippen molar-refractivity contribution in [2.45, 2.75) is 18.9 Å². The fraction of sp³-hybridized carbons (Fsp3) is 0.625. The third-order valence-electron chi connectivity index (χ3n) is 1.94. The smallest absolute Gasteiger partial charge is 0.315 e. The fourth-order valence-corrected chi connectivity index (χ4v) is 1.14. The Bertz CT molecular complexity index is 257. The van der Waals surface area contributed by atoms with E-state index in [0.717, 1.165) is 12.8 Å². The van der Waals surface area contributed by atoms with Crippen molar-refractivity contribution < 1.29 is 9.66 Å². The number of hydrogen-bond donors (Lipinski definition) is 1. The van der Waals surface area contributed by atoms with Gasteiger partial charge in [0.15, 0.2) is 0 Å². The van der Waals surface area contributed by atoms with Crippen molar-refractivity contribution in [3.05, 3.63) is 22.0 Å². The molecule has 1 aliphatic rings. The highest BCUT2D eigenvalue weighted by atomic mass is 16.6. The summed E-state index contributed by atoms with van der Waals surface area (Å²) in [6.45, 7) is 1.41. The van der Waals surface area contributed by atoms with E-state index >= 15 is 0 Å². The highest BCUT2D eigenvalue weighted by molar-refractivity contribution is 5.71. The van der Waals surface area contributed by atoms with Crippen LogP contribution in [0.4, 0.5) is 0 Å². The summed E-state index contributed by atoms with van der Waals surface area (Å²) in [5.74, 6) is -0.388. The van der Waals surface area contributed by atoms with Crippen molar-refractivity contribution in [2.24, 2.45) is 10.7 Å². The number of allylic oxidation sites excluding steroid dienone is 1. The van der Waals surface area contributed by atoms with E-state index in [2.05, 4.69) is 4.99 Å². The third-order valence-corrected chi connectivity index (χ3v) is 1.94. The summed E-state index contributed by atoms with van der Waals surface area (Å²) in [5, 5.41) is 10.1. The van der Waals surface area contributed by atoms with Gasteiger partial charge in [0.2, 0.25) is 0 Å². The van der Waals surface area contributed by atoms with Gasteiger partial charge in [-0.05, 0) is 17.8 Å². The molecule has 0 aliphatic carbocycles. The second-order valence-corrected chi connectivity index (χ2v) is 2.99. The summed E-state index contributed by atoms with van der Waals surface area (Å²) < 4.78 is 5.14. The minimum absolute atomic E-state index is 0.208. The second kappa shape index (κ2) is 5.33.